The summed E-state index contributed by atoms with van der Waals surface area (Å²) >= 11 is 1.65. The second kappa shape index (κ2) is 7.76. The van der Waals surface area contributed by atoms with Crippen LogP contribution < -0.4 is 5.32 Å². The topological polar surface area (TPSA) is 50.2 Å². The molecule has 0 bridgehead atoms. The Balaban J connectivity index is 0.00000176. The molecule has 2 aromatic rings. The number of rotatable bonds is 4. The minimum Gasteiger partial charge on any atom is -0.336 e. The minimum absolute atomic E-state index is 0. The Morgan fingerprint density at radius 3 is 3.09 bits per heavy atom. The van der Waals surface area contributed by atoms with Crippen LogP contribution in [0.1, 0.15) is 34.9 Å². The van der Waals surface area contributed by atoms with Crippen molar-refractivity contribution in [2.75, 3.05) is 20.1 Å². The molecule has 0 saturated carbocycles. The number of carbonyl (C=O) groups excluding carboxylic acids is 1. The van der Waals surface area contributed by atoms with Crippen LogP contribution >= 0.6 is 23.7 Å². The fraction of sp³-hybridized carbons (Fsp3) is 0.467. The molecule has 0 aliphatic carbocycles. The zero-order valence-electron chi connectivity index (χ0n) is 12.6. The van der Waals surface area contributed by atoms with E-state index >= 15 is 0 Å². The fourth-order valence-corrected chi connectivity index (χ4v) is 3.30. The van der Waals surface area contributed by atoms with E-state index in [9.17, 15) is 4.79 Å². The molecule has 22 heavy (non-hydrogen) atoms. The maximum Gasteiger partial charge on any atom is 0.274 e. The molecule has 1 N–H and O–H groups in total. The molecule has 1 fully saturated rings. The van der Waals surface area contributed by atoms with Crippen molar-refractivity contribution < 1.29 is 4.79 Å². The number of piperidine rings is 1. The van der Waals surface area contributed by atoms with Gasteiger partial charge >= 0.3 is 0 Å². The van der Waals surface area contributed by atoms with Crippen LogP contribution in [0.25, 0.3) is 0 Å². The van der Waals surface area contributed by atoms with Crippen LogP contribution in [0.4, 0.5) is 0 Å². The first-order chi connectivity index (χ1) is 10.2. The van der Waals surface area contributed by atoms with Crippen LogP contribution in [0.15, 0.2) is 29.1 Å². The van der Waals surface area contributed by atoms with Gasteiger partial charge in [0.1, 0.15) is 5.69 Å². The van der Waals surface area contributed by atoms with Crippen molar-refractivity contribution in [1.29, 1.82) is 0 Å². The Morgan fingerprint density at radius 2 is 2.41 bits per heavy atom. The van der Waals surface area contributed by atoms with E-state index in [0.717, 1.165) is 31.5 Å². The highest BCUT2D eigenvalue weighted by Gasteiger charge is 2.19. The number of hydrogen-bond donors (Lipinski definition) is 1. The van der Waals surface area contributed by atoms with E-state index in [4.69, 9.17) is 0 Å². The lowest BCUT2D eigenvalue weighted by Gasteiger charge is -2.23. The van der Waals surface area contributed by atoms with Gasteiger partial charge in [0.15, 0.2) is 0 Å². The second-order valence-corrected chi connectivity index (χ2v) is 6.25. The quantitative estimate of drug-likeness (QED) is 0.930. The van der Waals surface area contributed by atoms with Gasteiger partial charge in [0, 0.05) is 26.3 Å². The molecule has 7 heteroatoms. The molecule has 0 aromatic carbocycles. The molecule has 1 unspecified atom stereocenters. The minimum atomic E-state index is -0.0243. The summed E-state index contributed by atoms with van der Waals surface area (Å²) in [4.78, 5) is 14.1. The molecule has 3 heterocycles. The highest BCUT2D eigenvalue weighted by Crippen LogP contribution is 2.16. The van der Waals surface area contributed by atoms with Gasteiger partial charge in [0.2, 0.25) is 0 Å². The monoisotopic (exact) mass is 340 g/mol. The summed E-state index contributed by atoms with van der Waals surface area (Å²) in [7, 11) is 1.82. The van der Waals surface area contributed by atoms with E-state index in [1.807, 2.05) is 35.4 Å². The third kappa shape index (κ3) is 3.88. The molecular weight excluding hydrogens is 320 g/mol. The van der Waals surface area contributed by atoms with E-state index in [1.165, 1.54) is 0 Å². The van der Waals surface area contributed by atoms with Crippen LogP contribution in [-0.4, -0.2) is 40.7 Å². The molecule has 1 amide bonds. The molecule has 1 aliphatic rings. The zero-order chi connectivity index (χ0) is 14.7. The van der Waals surface area contributed by atoms with Gasteiger partial charge < -0.3 is 10.2 Å². The molecule has 0 radical (unpaired) electrons. The highest BCUT2D eigenvalue weighted by molar-refractivity contribution is 7.07. The molecular formula is C15H21ClN4OS. The smallest absolute Gasteiger partial charge is 0.274 e. The van der Waals surface area contributed by atoms with Crippen LogP contribution in [0.3, 0.4) is 0 Å². The SMILES string of the molecule is CN(Cc1ccsc1)C(=O)c1ccn(C2CCCNC2)n1.Cl. The van der Waals surface area contributed by atoms with Crippen molar-refractivity contribution in [2.24, 2.45) is 0 Å². The van der Waals surface area contributed by atoms with Crippen LogP contribution in [0, 0.1) is 0 Å². The van der Waals surface area contributed by atoms with E-state index in [2.05, 4.69) is 15.8 Å². The normalized spacial score (nSPS) is 17.8. The lowest BCUT2D eigenvalue weighted by Crippen LogP contribution is -2.32. The van der Waals surface area contributed by atoms with Gasteiger partial charge in [-0.05, 0) is 47.8 Å². The first kappa shape index (κ1) is 17.0. The summed E-state index contributed by atoms with van der Waals surface area (Å²) in [6.07, 6.45) is 4.20. The van der Waals surface area contributed by atoms with Crippen molar-refractivity contribution in [1.82, 2.24) is 20.0 Å². The van der Waals surface area contributed by atoms with E-state index in [1.54, 1.807) is 16.2 Å². The lowest BCUT2D eigenvalue weighted by atomic mass is 10.1. The third-order valence-corrected chi connectivity index (χ3v) is 4.55. The van der Waals surface area contributed by atoms with Crippen molar-refractivity contribution in [3.63, 3.8) is 0 Å². The summed E-state index contributed by atoms with van der Waals surface area (Å²) in [6, 6.07) is 4.23. The van der Waals surface area contributed by atoms with Gasteiger partial charge in [-0.3, -0.25) is 9.48 Å². The first-order valence-electron chi connectivity index (χ1n) is 7.26. The lowest BCUT2D eigenvalue weighted by molar-refractivity contribution is 0.0778. The Morgan fingerprint density at radius 1 is 1.55 bits per heavy atom. The molecule has 1 saturated heterocycles. The van der Waals surface area contributed by atoms with Crippen LogP contribution in [0.2, 0.25) is 0 Å². The molecule has 1 aliphatic heterocycles. The van der Waals surface area contributed by atoms with Crippen molar-refractivity contribution in [2.45, 2.75) is 25.4 Å². The van der Waals surface area contributed by atoms with Gasteiger partial charge in [-0.25, -0.2) is 0 Å². The number of thiophene rings is 1. The largest absolute Gasteiger partial charge is 0.336 e. The standard InChI is InChI=1S/C15H20N4OS.ClH/c1-18(10-12-5-8-21-11-12)15(20)14-4-7-19(17-14)13-3-2-6-16-9-13;/h4-5,7-8,11,13,16H,2-3,6,9-10H2,1H3;1H. The second-order valence-electron chi connectivity index (χ2n) is 5.47. The Hall–Kier alpha value is -1.37. The zero-order valence-corrected chi connectivity index (χ0v) is 14.2. The summed E-state index contributed by atoms with van der Waals surface area (Å²) in [5.41, 5.74) is 1.69. The summed E-state index contributed by atoms with van der Waals surface area (Å²) in [5.74, 6) is -0.0243. The van der Waals surface area contributed by atoms with Crippen molar-refractivity contribution in [3.8, 4) is 0 Å². The Bertz CT molecular complexity index is 592. The average Bonchev–Trinajstić information content (AvgIpc) is 3.18. The first-order valence-corrected chi connectivity index (χ1v) is 8.21. The number of hydrogen-bond acceptors (Lipinski definition) is 4. The predicted molar refractivity (Wildman–Crippen MR) is 90.7 cm³/mol. The van der Waals surface area contributed by atoms with Gasteiger partial charge in [0.25, 0.3) is 5.91 Å². The highest BCUT2D eigenvalue weighted by atomic mass is 35.5. The number of halogens is 1. The predicted octanol–water partition coefficient (Wildman–Crippen LogP) is 2.56. The molecule has 5 nitrogen and oxygen atoms in total. The fourth-order valence-electron chi connectivity index (χ4n) is 2.64. The third-order valence-electron chi connectivity index (χ3n) is 3.82. The Labute approximate surface area is 140 Å². The van der Waals surface area contributed by atoms with Gasteiger partial charge in [-0.15, -0.1) is 12.4 Å². The van der Waals surface area contributed by atoms with Crippen molar-refractivity contribution in [3.05, 3.63) is 40.3 Å². The number of nitrogens with zero attached hydrogens (tertiary/aromatic N) is 3. The summed E-state index contributed by atoms with van der Waals surface area (Å²) in [6.45, 7) is 2.63. The molecule has 2 aromatic heterocycles. The number of amides is 1. The van der Waals surface area contributed by atoms with E-state index in [0.29, 0.717) is 18.3 Å². The summed E-state index contributed by atoms with van der Waals surface area (Å²) < 4.78 is 1.93. The Kier molecular flexibility index (Phi) is 5.99. The van der Waals surface area contributed by atoms with Gasteiger partial charge in [-0.1, -0.05) is 0 Å². The number of aromatic nitrogens is 2. The average molecular weight is 341 g/mol. The van der Waals surface area contributed by atoms with Crippen LogP contribution in [-0.2, 0) is 6.54 Å². The van der Waals surface area contributed by atoms with Crippen LogP contribution in [0.5, 0.6) is 0 Å². The molecule has 3 rings (SSSR count). The number of nitrogens with one attached hydrogen (secondary N) is 1. The molecule has 120 valence electrons. The van der Waals surface area contributed by atoms with Gasteiger partial charge in [-0.2, -0.15) is 16.4 Å². The molecule has 1 atom stereocenters. The van der Waals surface area contributed by atoms with E-state index in [-0.39, 0.29) is 18.3 Å². The maximum absolute atomic E-state index is 12.4. The number of carbonyl (C=O) groups is 1. The van der Waals surface area contributed by atoms with Gasteiger partial charge in [0.05, 0.1) is 6.04 Å². The summed E-state index contributed by atoms with van der Waals surface area (Å²) in [5, 5.41) is 11.9. The maximum atomic E-state index is 12.4. The van der Waals surface area contributed by atoms with Crippen molar-refractivity contribution >= 4 is 29.7 Å². The molecule has 0 spiro atoms. The van der Waals surface area contributed by atoms with E-state index < -0.39 is 0 Å².